The molecule has 2 fully saturated rings. The van der Waals surface area contributed by atoms with Gasteiger partial charge in [0.05, 0.1) is 19.8 Å². The van der Waals surface area contributed by atoms with Crippen molar-refractivity contribution in [2.45, 2.75) is 31.0 Å². The van der Waals surface area contributed by atoms with Gasteiger partial charge in [0.15, 0.2) is 0 Å². The Labute approximate surface area is 100 Å². The third-order valence-electron chi connectivity index (χ3n) is 3.14. The van der Waals surface area contributed by atoms with E-state index in [2.05, 4.69) is 0 Å². The fourth-order valence-corrected chi connectivity index (χ4v) is 2.04. The first-order valence-electron chi connectivity index (χ1n) is 5.92. The van der Waals surface area contributed by atoms with E-state index in [9.17, 15) is 0 Å². The number of epoxide rings is 2. The lowest BCUT2D eigenvalue weighted by Crippen LogP contribution is -2.11. The molecular weight excluding hydrogens is 220 g/mol. The Hall–Kier alpha value is -0.940. The Morgan fingerprint density at radius 1 is 1.06 bits per heavy atom. The molecule has 0 aromatic heterocycles. The molecule has 2 saturated heterocycles. The van der Waals surface area contributed by atoms with Crippen LogP contribution in [0.4, 0.5) is 0 Å². The Kier molecular flexibility index (Phi) is 3.11. The van der Waals surface area contributed by atoms with Gasteiger partial charge in [-0.25, -0.2) is 0 Å². The first-order chi connectivity index (χ1) is 8.38. The first-order valence-corrected chi connectivity index (χ1v) is 5.92. The fourth-order valence-electron chi connectivity index (χ4n) is 2.04. The Morgan fingerprint density at radius 2 is 1.76 bits per heavy atom. The van der Waals surface area contributed by atoms with Crippen LogP contribution in [0.3, 0.4) is 0 Å². The average molecular weight is 236 g/mol. The predicted octanol–water partition coefficient (Wildman–Crippen LogP) is 0.730. The fraction of sp³-hybridized carbons (Fsp3) is 0.538. The lowest BCUT2D eigenvalue weighted by Gasteiger charge is -2.01. The van der Waals surface area contributed by atoms with Crippen molar-refractivity contribution < 1.29 is 19.3 Å². The molecule has 1 N–H and O–H groups in total. The van der Waals surface area contributed by atoms with Crippen molar-refractivity contribution in [1.82, 2.24) is 0 Å². The van der Waals surface area contributed by atoms with Crippen molar-refractivity contribution in [3.05, 3.63) is 35.9 Å². The summed E-state index contributed by atoms with van der Waals surface area (Å²) in [5.74, 6) is 0. The van der Waals surface area contributed by atoms with Gasteiger partial charge in [-0.2, -0.15) is 0 Å². The SMILES string of the molecule is OC[C@H]1O[C@@H]1[C@@H]1O[C@@H]1COCc1ccccc1. The summed E-state index contributed by atoms with van der Waals surface area (Å²) in [6, 6.07) is 10.1. The summed E-state index contributed by atoms with van der Waals surface area (Å²) in [4.78, 5) is 0. The van der Waals surface area contributed by atoms with Crippen molar-refractivity contribution >= 4 is 0 Å². The normalized spacial score (nSPS) is 34.6. The van der Waals surface area contributed by atoms with Crippen LogP contribution in [0.1, 0.15) is 5.56 Å². The van der Waals surface area contributed by atoms with Crippen LogP contribution in [0.5, 0.6) is 0 Å². The van der Waals surface area contributed by atoms with Gasteiger partial charge in [0, 0.05) is 0 Å². The third kappa shape index (κ3) is 2.66. The van der Waals surface area contributed by atoms with Crippen LogP contribution < -0.4 is 0 Å². The van der Waals surface area contributed by atoms with Crippen molar-refractivity contribution in [1.29, 1.82) is 0 Å². The minimum absolute atomic E-state index is 0.0147. The molecular formula is C13H16O4. The van der Waals surface area contributed by atoms with Gasteiger partial charge in [-0.3, -0.25) is 0 Å². The van der Waals surface area contributed by atoms with Crippen LogP contribution in [-0.4, -0.2) is 42.7 Å². The molecule has 2 aliphatic rings. The highest BCUT2D eigenvalue weighted by molar-refractivity contribution is 5.13. The molecule has 0 spiro atoms. The van der Waals surface area contributed by atoms with E-state index in [0.29, 0.717) is 13.2 Å². The molecule has 17 heavy (non-hydrogen) atoms. The second-order valence-corrected chi connectivity index (χ2v) is 4.46. The van der Waals surface area contributed by atoms with Gasteiger partial charge in [0.2, 0.25) is 0 Å². The van der Waals surface area contributed by atoms with Gasteiger partial charge in [0.1, 0.15) is 24.4 Å². The number of rotatable bonds is 6. The van der Waals surface area contributed by atoms with E-state index in [-0.39, 0.29) is 31.0 Å². The van der Waals surface area contributed by atoms with Crippen LogP contribution in [0, 0.1) is 0 Å². The molecule has 4 heteroatoms. The maximum Gasteiger partial charge on any atom is 0.115 e. The molecule has 0 aliphatic carbocycles. The molecule has 2 aliphatic heterocycles. The summed E-state index contributed by atoms with van der Waals surface area (Å²) in [6.45, 7) is 1.29. The molecule has 2 heterocycles. The van der Waals surface area contributed by atoms with Crippen LogP contribution in [0.25, 0.3) is 0 Å². The number of benzene rings is 1. The highest BCUT2D eigenvalue weighted by atomic mass is 16.7. The highest BCUT2D eigenvalue weighted by Gasteiger charge is 2.56. The van der Waals surface area contributed by atoms with Gasteiger partial charge in [-0.05, 0) is 5.56 Å². The maximum absolute atomic E-state index is 8.85. The predicted molar refractivity (Wildman–Crippen MR) is 60.5 cm³/mol. The lowest BCUT2D eigenvalue weighted by atomic mass is 10.2. The quantitative estimate of drug-likeness (QED) is 0.740. The van der Waals surface area contributed by atoms with E-state index in [1.54, 1.807) is 0 Å². The molecule has 0 unspecified atom stereocenters. The second kappa shape index (κ2) is 4.74. The molecule has 1 aromatic rings. The maximum atomic E-state index is 8.85. The summed E-state index contributed by atoms with van der Waals surface area (Å²) in [6.07, 6.45) is 0.340. The van der Waals surface area contributed by atoms with E-state index in [1.807, 2.05) is 30.3 Å². The summed E-state index contributed by atoms with van der Waals surface area (Å²) in [5, 5.41) is 8.85. The van der Waals surface area contributed by atoms with Crippen molar-refractivity contribution in [2.75, 3.05) is 13.2 Å². The van der Waals surface area contributed by atoms with Gasteiger partial charge < -0.3 is 19.3 Å². The molecule has 0 amide bonds. The number of ether oxygens (including phenoxy) is 3. The van der Waals surface area contributed by atoms with Crippen molar-refractivity contribution in [3.8, 4) is 0 Å². The van der Waals surface area contributed by atoms with E-state index in [0.717, 1.165) is 0 Å². The molecule has 0 radical (unpaired) electrons. The number of hydrogen-bond acceptors (Lipinski definition) is 4. The zero-order valence-corrected chi connectivity index (χ0v) is 9.49. The summed E-state index contributed by atoms with van der Waals surface area (Å²) in [5.41, 5.74) is 1.17. The van der Waals surface area contributed by atoms with E-state index in [1.165, 1.54) is 5.56 Å². The molecule has 1 aromatic carbocycles. The van der Waals surface area contributed by atoms with Crippen LogP contribution in [0.2, 0.25) is 0 Å². The Balaban J connectivity index is 1.34. The molecule has 0 saturated carbocycles. The number of aliphatic hydroxyl groups excluding tert-OH is 1. The van der Waals surface area contributed by atoms with Crippen LogP contribution in [-0.2, 0) is 20.8 Å². The summed E-state index contributed by atoms with van der Waals surface area (Å²) >= 11 is 0. The number of hydrogen-bond donors (Lipinski definition) is 1. The van der Waals surface area contributed by atoms with Crippen LogP contribution >= 0.6 is 0 Å². The molecule has 92 valence electrons. The Bertz CT molecular complexity index is 367. The zero-order chi connectivity index (χ0) is 11.7. The minimum Gasteiger partial charge on any atom is -0.394 e. The largest absolute Gasteiger partial charge is 0.394 e. The zero-order valence-electron chi connectivity index (χ0n) is 9.49. The number of aliphatic hydroxyl groups is 1. The van der Waals surface area contributed by atoms with E-state index in [4.69, 9.17) is 19.3 Å². The Morgan fingerprint density at radius 3 is 2.47 bits per heavy atom. The first kappa shape index (κ1) is 11.2. The summed E-state index contributed by atoms with van der Waals surface area (Å²) < 4.78 is 16.3. The van der Waals surface area contributed by atoms with Gasteiger partial charge in [0.25, 0.3) is 0 Å². The van der Waals surface area contributed by atoms with Gasteiger partial charge in [-0.1, -0.05) is 30.3 Å². The van der Waals surface area contributed by atoms with Gasteiger partial charge in [-0.15, -0.1) is 0 Å². The standard InChI is InChI=1S/C13H16O4/c14-6-10-12(16-10)13-11(17-13)8-15-7-9-4-2-1-3-5-9/h1-5,10-14H,6-8H2/t10-,11-,12+,13-/m1/s1. The van der Waals surface area contributed by atoms with Crippen molar-refractivity contribution in [2.24, 2.45) is 0 Å². The van der Waals surface area contributed by atoms with Crippen molar-refractivity contribution in [3.63, 3.8) is 0 Å². The topological polar surface area (TPSA) is 54.5 Å². The molecule has 0 bridgehead atoms. The van der Waals surface area contributed by atoms with Gasteiger partial charge >= 0.3 is 0 Å². The monoisotopic (exact) mass is 236 g/mol. The smallest absolute Gasteiger partial charge is 0.115 e. The lowest BCUT2D eigenvalue weighted by molar-refractivity contribution is 0.104. The summed E-state index contributed by atoms with van der Waals surface area (Å²) in [7, 11) is 0. The third-order valence-corrected chi connectivity index (χ3v) is 3.14. The van der Waals surface area contributed by atoms with Crippen LogP contribution in [0.15, 0.2) is 30.3 Å². The molecule has 4 atom stereocenters. The molecule has 4 nitrogen and oxygen atoms in total. The second-order valence-electron chi connectivity index (χ2n) is 4.46. The van der Waals surface area contributed by atoms with E-state index >= 15 is 0 Å². The van der Waals surface area contributed by atoms with E-state index < -0.39 is 0 Å². The minimum atomic E-state index is -0.0147. The average Bonchev–Trinajstić information content (AvgIpc) is 3.24. The molecule has 3 rings (SSSR count). The highest BCUT2D eigenvalue weighted by Crippen LogP contribution is 2.38.